The van der Waals surface area contributed by atoms with Crippen LogP contribution in [-0.4, -0.2) is 52.8 Å². The standard InChI is InChI=1S/C11H17N3O5/c12-8(15)4-3-7(11(18)19)13-9(16)6-14-5-1-2-10(14)17/h7H,1-6H2,(H2,12,15)(H,13,16)(H,18,19). The number of hydrogen-bond donors (Lipinski definition) is 3. The van der Waals surface area contributed by atoms with Crippen molar-refractivity contribution in [1.82, 2.24) is 10.2 Å². The van der Waals surface area contributed by atoms with Crippen molar-refractivity contribution in [3.63, 3.8) is 0 Å². The van der Waals surface area contributed by atoms with Crippen molar-refractivity contribution >= 4 is 23.7 Å². The van der Waals surface area contributed by atoms with Crippen molar-refractivity contribution in [2.45, 2.75) is 31.7 Å². The van der Waals surface area contributed by atoms with E-state index < -0.39 is 23.8 Å². The largest absolute Gasteiger partial charge is 0.480 e. The van der Waals surface area contributed by atoms with Gasteiger partial charge in [0, 0.05) is 19.4 Å². The normalized spacial score (nSPS) is 16.2. The predicted octanol–water partition coefficient (Wildman–Crippen LogP) is -1.56. The van der Waals surface area contributed by atoms with E-state index in [-0.39, 0.29) is 25.3 Å². The molecule has 1 atom stereocenters. The summed E-state index contributed by atoms with van der Waals surface area (Å²) in [6.45, 7) is 0.352. The average molecular weight is 271 g/mol. The molecule has 1 aliphatic rings. The first-order valence-corrected chi connectivity index (χ1v) is 5.98. The summed E-state index contributed by atoms with van der Waals surface area (Å²) in [4.78, 5) is 45.8. The molecule has 3 amide bonds. The predicted molar refractivity (Wildman–Crippen MR) is 63.8 cm³/mol. The lowest BCUT2D eigenvalue weighted by Gasteiger charge is -2.18. The second-order valence-corrected chi connectivity index (χ2v) is 4.38. The van der Waals surface area contributed by atoms with Crippen molar-refractivity contribution < 1.29 is 24.3 Å². The second kappa shape index (κ2) is 6.72. The lowest BCUT2D eigenvalue weighted by molar-refractivity contribution is -0.142. The van der Waals surface area contributed by atoms with Crippen LogP contribution in [0.1, 0.15) is 25.7 Å². The molecule has 0 spiro atoms. The van der Waals surface area contributed by atoms with Crippen LogP contribution in [0.4, 0.5) is 0 Å². The zero-order valence-corrected chi connectivity index (χ0v) is 10.4. The first-order chi connectivity index (χ1) is 8.90. The topological polar surface area (TPSA) is 130 Å². The van der Waals surface area contributed by atoms with E-state index in [1.807, 2.05) is 0 Å². The van der Waals surface area contributed by atoms with Gasteiger partial charge in [0.25, 0.3) is 0 Å². The molecule has 1 saturated heterocycles. The molecule has 0 aromatic rings. The van der Waals surface area contributed by atoms with Gasteiger partial charge in [-0.15, -0.1) is 0 Å². The molecule has 0 aromatic carbocycles. The van der Waals surface area contributed by atoms with E-state index in [2.05, 4.69) is 5.32 Å². The fourth-order valence-corrected chi connectivity index (χ4v) is 1.83. The molecular weight excluding hydrogens is 254 g/mol. The summed E-state index contributed by atoms with van der Waals surface area (Å²) in [7, 11) is 0. The van der Waals surface area contributed by atoms with Crippen LogP contribution in [-0.2, 0) is 19.2 Å². The fourth-order valence-electron chi connectivity index (χ4n) is 1.83. The summed E-state index contributed by atoms with van der Waals surface area (Å²) >= 11 is 0. The summed E-state index contributed by atoms with van der Waals surface area (Å²) in [5.74, 6) is -2.52. The van der Waals surface area contributed by atoms with Crippen molar-refractivity contribution in [3.8, 4) is 0 Å². The SMILES string of the molecule is NC(=O)CCC(NC(=O)CN1CCCC1=O)C(=O)O. The first kappa shape index (κ1) is 14.9. The second-order valence-electron chi connectivity index (χ2n) is 4.38. The lowest BCUT2D eigenvalue weighted by atomic mass is 10.1. The number of aliphatic carboxylic acids is 1. The zero-order valence-electron chi connectivity index (χ0n) is 10.4. The van der Waals surface area contributed by atoms with Crippen molar-refractivity contribution in [1.29, 1.82) is 0 Å². The number of rotatable bonds is 7. The molecule has 0 aliphatic carbocycles. The molecule has 1 fully saturated rings. The van der Waals surface area contributed by atoms with Crippen LogP contribution in [0.25, 0.3) is 0 Å². The Bertz CT molecular complexity index is 396. The number of hydrogen-bond acceptors (Lipinski definition) is 4. The van der Waals surface area contributed by atoms with E-state index in [0.29, 0.717) is 19.4 Å². The van der Waals surface area contributed by atoms with Crippen LogP contribution in [0.2, 0.25) is 0 Å². The third kappa shape index (κ3) is 4.94. The Morgan fingerprint density at radius 3 is 2.58 bits per heavy atom. The minimum absolute atomic E-state index is 0.0651. The van der Waals surface area contributed by atoms with E-state index in [1.54, 1.807) is 0 Å². The molecule has 8 heteroatoms. The van der Waals surface area contributed by atoms with Crippen LogP contribution < -0.4 is 11.1 Å². The Hall–Kier alpha value is -2.12. The molecule has 0 bridgehead atoms. The van der Waals surface area contributed by atoms with E-state index >= 15 is 0 Å². The summed E-state index contributed by atoms with van der Waals surface area (Å²) in [5.41, 5.74) is 4.92. The number of amides is 3. The van der Waals surface area contributed by atoms with Gasteiger partial charge in [0.1, 0.15) is 6.04 Å². The minimum atomic E-state index is -1.23. The van der Waals surface area contributed by atoms with E-state index in [9.17, 15) is 19.2 Å². The zero-order chi connectivity index (χ0) is 14.4. The maximum absolute atomic E-state index is 11.6. The van der Waals surface area contributed by atoms with Gasteiger partial charge < -0.3 is 21.1 Å². The summed E-state index contributed by atoms with van der Waals surface area (Å²) in [6.07, 6.45) is 0.928. The summed E-state index contributed by atoms with van der Waals surface area (Å²) in [6, 6.07) is -1.17. The maximum atomic E-state index is 11.6. The molecule has 106 valence electrons. The van der Waals surface area contributed by atoms with Crippen LogP contribution in [0.3, 0.4) is 0 Å². The maximum Gasteiger partial charge on any atom is 0.326 e. The fraction of sp³-hybridized carbons (Fsp3) is 0.636. The number of nitrogens with one attached hydrogen (secondary N) is 1. The number of carbonyl (C=O) groups excluding carboxylic acids is 3. The molecule has 1 unspecified atom stereocenters. The van der Waals surface area contributed by atoms with Gasteiger partial charge in [-0.1, -0.05) is 0 Å². The van der Waals surface area contributed by atoms with Gasteiger partial charge in [-0.2, -0.15) is 0 Å². The van der Waals surface area contributed by atoms with Gasteiger partial charge >= 0.3 is 5.97 Å². The molecule has 1 heterocycles. The van der Waals surface area contributed by atoms with Gasteiger partial charge in [-0.05, 0) is 12.8 Å². The number of nitrogens with zero attached hydrogens (tertiary/aromatic N) is 1. The molecule has 0 saturated carbocycles. The van der Waals surface area contributed by atoms with Crippen LogP contribution in [0.15, 0.2) is 0 Å². The molecule has 0 aromatic heterocycles. The van der Waals surface area contributed by atoms with E-state index in [4.69, 9.17) is 10.8 Å². The van der Waals surface area contributed by atoms with Crippen molar-refractivity contribution in [2.24, 2.45) is 5.73 Å². The Balaban J connectivity index is 2.44. The van der Waals surface area contributed by atoms with Crippen LogP contribution in [0, 0.1) is 0 Å². The highest BCUT2D eigenvalue weighted by Crippen LogP contribution is 2.08. The quantitative estimate of drug-likeness (QED) is 0.515. The van der Waals surface area contributed by atoms with E-state index in [1.165, 1.54) is 4.90 Å². The third-order valence-electron chi connectivity index (χ3n) is 2.82. The van der Waals surface area contributed by atoms with E-state index in [0.717, 1.165) is 0 Å². The minimum Gasteiger partial charge on any atom is -0.480 e. The third-order valence-corrected chi connectivity index (χ3v) is 2.82. The highest BCUT2D eigenvalue weighted by molar-refractivity contribution is 5.88. The van der Waals surface area contributed by atoms with Gasteiger partial charge in [-0.3, -0.25) is 14.4 Å². The van der Waals surface area contributed by atoms with Crippen molar-refractivity contribution in [2.75, 3.05) is 13.1 Å². The molecule has 0 radical (unpaired) electrons. The number of carbonyl (C=O) groups is 4. The molecular formula is C11H17N3O5. The highest BCUT2D eigenvalue weighted by atomic mass is 16.4. The van der Waals surface area contributed by atoms with Crippen LogP contribution >= 0.6 is 0 Å². The number of primary amides is 1. The molecule has 19 heavy (non-hydrogen) atoms. The van der Waals surface area contributed by atoms with Crippen molar-refractivity contribution in [3.05, 3.63) is 0 Å². The number of likely N-dealkylation sites (tertiary alicyclic amines) is 1. The highest BCUT2D eigenvalue weighted by Gasteiger charge is 2.25. The number of carboxylic acid groups (broad SMARTS) is 1. The smallest absolute Gasteiger partial charge is 0.326 e. The molecule has 8 nitrogen and oxygen atoms in total. The lowest BCUT2D eigenvalue weighted by Crippen LogP contribution is -2.46. The number of nitrogens with two attached hydrogens (primary N) is 1. The van der Waals surface area contributed by atoms with Gasteiger partial charge in [0.2, 0.25) is 17.7 Å². The Morgan fingerprint density at radius 1 is 1.42 bits per heavy atom. The van der Waals surface area contributed by atoms with Gasteiger partial charge in [0.15, 0.2) is 0 Å². The first-order valence-electron chi connectivity index (χ1n) is 5.98. The Morgan fingerprint density at radius 2 is 2.11 bits per heavy atom. The summed E-state index contributed by atoms with van der Waals surface area (Å²) in [5, 5.41) is 11.2. The average Bonchev–Trinajstić information content (AvgIpc) is 2.69. The molecule has 1 rings (SSSR count). The Kier molecular flexibility index (Phi) is 5.28. The Labute approximate surface area is 109 Å². The van der Waals surface area contributed by atoms with Crippen LogP contribution in [0.5, 0.6) is 0 Å². The molecule has 4 N–H and O–H groups in total. The molecule has 1 aliphatic heterocycles. The van der Waals surface area contributed by atoms with Gasteiger partial charge in [-0.25, -0.2) is 4.79 Å². The monoisotopic (exact) mass is 271 g/mol. The number of carboxylic acids is 1. The summed E-state index contributed by atoms with van der Waals surface area (Å²) < 4.78 is 0. The van der Waals surface area contributed by atoms with Gasteiger partial charge in [0.05, 0.1) is 6.54 Å².